The van der Waals surface area contributed by atoms with Crippen molar-refractivity contribution in [3.63, 3.8) is 0 Å². The van der Waals surface area contributed by atoms with Crippen LogP contribution >= 0.6 is 0 Å². The van der Waals surface area contributed by atoms with Gasteiger partial charge in [-0.2, -0.15) is 13.2 Å². The molecule has 14 heavy (non-hydrogen) atoms. The van der Waals surface area contributed by atoms with Gasteiger partial charge in [-0.15, -0.1) is 0 Å². The summed E-state index contributed by atoms with van der Waals surface area (Å²) in [6.07, 6.45) is -3.87. The van der Waals surface area contributed by atoms with Gasteiger partial charge in [0, 0.05) is 0 Å². The van der Waals surface area contributed by atoms with Crippen LogP contribution in [0.3, 0.4) is 0 Å². The molecule has 0 atom stereocenters. The van der Waals surface area contributed by atoms with Crippen molar-refractivity contribution in [2.45, 2.75) is 19.0 Å². The second kappa shape index (κ2) is 3.12. The molecule has 0 saturated carbocycles. The number of aliphatic imine (C=N–C) groups is 1. The van der Waals surface area contributed by atoms with Crippen LogP contribution < -0.4 is 0 Å². The minimum absolute atomic E-state index is 0.0134. The zero-order valence-corrected chi connectivity index (χ0v) is 7.30. The fraction of sp³-hybridized carbons (Fsp3) is 0.300. The summed E-state index contributed by atoms with van der Waals surface area (Å²) >= 11 is 0. The summed E-state index contributed by atoms with van der Waals surface area (Å²) in [5.74, 6) is 0. The van der Waals surface area contributed by atoms with Gasteiger partial charge < -0.3 is 0 Å². The standard InChI is InChI=1S/C10H8F3N/c11-10(12,13)9-6-5-7-3-1-2-4-8(7)14-9/h1-4H,5-6H2. The third-order valence-electron chi connectivity index (χ3n) is 2.21. The number of halogens is 3. The van der Waals surface area contributed by atoms with E-state index < -0.39 is 11.9 Å². The second-order valence-electron chi connectivity index (χ2n) is 3.18. The zero-order valence-electron chi connectivity index (χ0n) is 7.30. The Morgan fingerprint density at radius 3 is 2.50 bits per heavy atom. The first-order valence-electron chi connectivity index (χ1n) is 4.30. The van der Waals surface area contributed by atoms with Crippen LogP contribution in [0.15, 0.2) is 29.3 Å². The van der Waals surface area contributed by atoms with Gasteiger partial charge in [0.2, 0.25) is 0 Å². The summed E-state index contributed by atoms with van der Waals surface area (Å²) in [5.41, 5.74) is 0.669. The van der Waals surface area contributed by atoms with Crippen molar-refractivity contribution in [2.75, 3.05) is 0 Å². The average Bonchev–Trinajstić information content (AvgIpc) is 2.16. The summed E-state index contributed by atoms with van der Waals surface area (Å²) in [5, 5.41) is 0. The van der Waals surface area contributed by atoms with Gasteiger partial charge in [-0.25, -0.2) is 4.99 Å². The lowest BCUT2D eigenvalue weighted by Gasteiger charge is -2.16. The van der Waals surface area contributed by atoms with E-state index in [-0.39, 0.29) is 6.42 Å². The summed E-state index contributed by atoms with van der Waals surface area (Å²) < 4.78 is 36.9. The average molecular weight is 199 g/mol. The van der Waals surface area contributed by atoms with Gasteiger partial charge in [0.25, 0.3) is 0 Å². The van der Waals surface area contributed by atoms with Gasteiger partial charge >= 0.3 is 6.18 Å². The molecule has 0 N–H and O–H groups in total. The van der Waals surface area contributed by atoms with Crippen molar-refractivity contribution < 1.29 is 13.2 Å². The molecule has 1 nitrogen and oxygen atoms in total. The molecule has 0 radical (unpaired) electrons. The number of para-hydroxylation sites is 1. The molecule has 0 spiro atoms. The van der Waals surface area contributed by atoms with Crippen LogP contribution in [0.1, 0.15) is 12.0 Å². The Morgan fingerprint density at radius 2 is 1.79 bits per heavy atom. The van der Waals surface area contributed by atoms with E-state index in [1.807, 2.05) is 12.1 Å². The largest absolute Gasteiger partial charge is 0.429 e. The van der Waals surface area contributed by atoms with Gasteiger partial charge in [0.1, 0.15) is 5.71 Å². The van der Waals surface area contributed by atoms with E-state index in [0.29, 0.717) is 12.1 Å². The fourth-order valence-corrected chi connectivity index (χ4v) is 1.49. The summed E-state index contributed by atoms with van der Waals surface area (Å²) in [6.45, 7) is 0. The van der Waals surface area contributed by atoms with Gasteiger partial charge in [-0.3, -0.25) is 0 Å². The Morgan fingerprint density at radius 1 is 1.07 bits per heavy atom. The Labute approximate surface area is 79.3 Å². The minimum Gasteiger partial charge on any atom is -0.248 e. The van der Waals surface area contributed by atoms with E-state index in [1.165, 1.54) is 0 Å². The molecule has 0 fully saturated rings. The van der Waals surface area contributed by atoms with Crippen molar-refractivity contribution in [3.8, 4) is 0 Å². The summed E-state index contributed by atoms with van der Waals surface area (Å²) in [6, 6.07) is 6.93. The minimum atomic E-state index is -4.28. The molecule has 4 heteroatoms. The fourth-order valence-electron chi connectivity index (χ4n) is 1.49. The molecule has 0 aromatic heterocycles. The van der Waals surface area contributed by atoms with Crippen LogP contribution in [0.4, 0.5) is 18.9 Å². The SMILES string of the molecule is FC(F)(F)C1=Nc2ccccc2CC1. The van der Waals surface area contributed by atoms with E-state index in [9.17, 15) is 13.2 Å². The van der Waals surface area contributed by atoms with Gasteiger partial charge in [-0.05, 0) is 24.5 Å². The van der Waals surface area contributed by atoms with Crippen molar-refractivity contribution in [2.24, 2.45) is 4.99 Å². The molecule has 1 aromatic rings. The first kappa shape index (κ1) is 9.24. The monoisotopic (exact) mass is 199 g/mol. The molecule has 2 rings (SSSR count). The lowest BCUT2D eigenvalue weighted by molar-refractivity contribution is -0.0605. The Balaban J connectivity index is 2.41. The quantitative estimate of drug-likeness (QED) is 0.608. The number of benzene rings is 1. The predicted molar refractivity (Wildman–Crippen MR) is 47.9 cm³/mol. The van der Waals surface area contributed by atoms with Crippen LogP contribution in [-0.2, 0) is 6.42 Å². The predicted octanol–water partition coefficient (Wildman–Crippen LogP) is 3.27. The topological polar surface area (TPSA) is 12.4 Å². The number of nitrogens with zero attached hydrogens (tertiary/aromatic N) is 1. The molecule has 0 unspecified atom stereocenters. The van der Waals surface area contributed by atoms with Crippen molar-refractivity contribution in [1.82, 2.24) is 0 Å². The first-order chi connectivity index (χ1) is 6.57. The van der Waals surface area contributed by atoms with E-state index in [0.717, 1.165) is 5.56 Å². The van der Waals surface area contributed by atoms with Crippen LogP contribution in [0.2, 0.25) is 0 Å². The third-order valence-corrected chi connectivity index (χ3v) is 2.21. The maximum absolute atomic E-state index is 12.3. The number of hydrogen-bond donors (Lipinski definition) is 0. The molecular weight excluding hydrogens is 191 g/mol. The van der Waals surface area contributed by atoms with Crippen molar-refractivity contribution >= 4 is 11.4 Å². The van der Waals surface area contributed by atoms with Crippen LogP contribution in [-0.4, -0.2) is 11.9 Å². The van der Waals surface area contributed by atoms with Gasteiger partial charge in [-0.1, -0.05) is 18.2 Å². The van der Waals surface area contributed by atoms with Crippen LogP contribution in [0.25, 0.3) is 0 Å². The molecule has 1 heterocycles. The lowest BCUT2D eigenvalue weighted by atomic mass is 10.0. The van der Waals surface area contributed by atoms with Gasteiger partial charge in [0.15, 0.2) is 0 Å². The Bertz CT molecular complexity index is 379. The first-order valence-corrected chi connectivity index (χ1v) is 4.30. The molecule has 1 aromatic carbocycles. The maximum atomic E-state index is 12.3. The van der Waals surface area contributed by atoms with E-state index in [1.54, 1.807) is 12.1 Å². The molecule has 1 aliphatic rings. The maximum Gasteiger partial charge on any atom is 0.429 e. The summed E-state index contributed by atoms with van der Waals surface area (Å²) in [4.78, 5) is 3.61. The highest BCUT2D eigenvalue weighted by Crippen LogP contribution is 2.31. The summed E-state index contributed by atoms with van der Waals surface area (Å²) in [7, 11) is 0. The van der Waals surface area contributed by atoms with Crippen LogP contribution in [0.5, 0.6) is 0 Å². The van der Waals surface area contributed by atoms with E-state index in [4.69, 9.17) is 0 Å². The Hall–Kier alpha value is -1.32. The van der Waals surface area contributed by atoms with Crippen molar-refractivity contribution in [3.05, 3.63) is 29.8 Å². The zero-order chi connectivity index (χ0) is 10.2. The number of aryl methyl sites for hydroxylation is 1. The molecule has 0 amide bonds. The number of alkyl halides is 3. The molecule has 74 valence electrons. The van der Waals surface area contributed by atoms with E-state index in [2.05, 4.69) is 4.99 Å². The highest BCUT2D eigenvalue weighted by molar-refractivity contribution is 5.93. The van der Waals surface area contributed by atoms with Crippen LogP contribution in [0, 0.1) is 0 Å². The Kier molecular flexibility index (Phi) is 2.06. The highest BCUT2D eigenvalue weighted by atomic mass is 19.4. The molecular formula is C10H8F3N. The van der Waals surface area contributed by atoms with Crippen molar-refractivity contribution in [1.29, 1.82) is 0 Å². The highest BCUT2D eigenvalue weighted by Gasteiger charge is 2.36. The molecule has 0 saturated heterocycles. The number of hydrogen-bond acceptors (Lipinski definition) is 1. The second-order valence-corrected chi connectivity index (χ2v) is 3.18. The molecule has 1 aliphatic heterocycles. The smallest absolute Gasteiger partial charge is 0.248 e. The lowest BCUT2D eigenvalue weighted by Crippen LogP contribution is -2.25. The molecule has 0 aliphatic carbocycles. The third kappa shape index (κ3) is 1.64. The number of rotatable bonds is 0. The molecule has 0 bridgehead atoms. The number of fused-ring (bicyclic) bond motifs is 1. The van der Waals surface area contributed by atoms with E-state index >= 15 is 0 Å². The normalized spacial score (nSPS) is 16.1. The van der Waals surface area contributed by atoms with Gasteiger partial charge in [0.05, 0.1) is 5.69 Å².